The smallest absolute Gasteiger partial charge is 0.0434 e. The van der Waals surface area contributed by atoms with E-state index in [4.69, 9.17) is 5.73 Å². The van der Waals surface area contributed by atoms with Crippen LogP contribution in [0.15, 0.2) is 29.2 Å². The summed E-state index contributed by atoms with van der Waals surface area (Å²) >= 11 is 0. The molecule has 2 heteroatoms. The van der Waals surface area contributed by atoms with E-state index < -0.39 is 0 Å². The van der Waals surface area contributed by atoms with Gasteiger partial charge in [-0.25, -0.2) is 10.9 Å². The molecule has 0 saturated carbocycles. The molecule has 0 fully saturated rings. The number of thiol groups is 1. The minimum absolute atomic E-state index is 0.0414. The first-order valence-corrected chi connectivity index (χ1v) is 5.47. The average Bonchev–Trinajstić information content (AvgIpc) is 1.88. The van der Waals surface area contributed by atoms with Gasteiger partial charge in [0.15, 0.2) is 0 Å². The Bertz CT molecular complexity index is 220. The molecule has 1 aromatic carbocycles. The fourth-order valence-corrected chi connectivity index (χ4v) is 1.87. The second-order valence-corrected chi connectivity index (χ2v) is 4.72. The summed E-state index contributed by atoms with van der Waals surface area (Å²) in [6, 6.07) is 8.06. The second-order valence-electron chi connectivity index (χ2n) is 2.45. The van der Waals surface area contributed by atoms with Crippen LogP contribution in [0.4, 0.5) is 5.69 Å². The number of benzene rings is 1. The normalized spacial score (nSPS) is 11.2. The van der Waals surface area contributed by atoms with Gasteiger partial charge in [0.05, 0.1) is 0 Å². The van der Waals surface area contributed by atoms with E-state index in [0.29, 0.717) is 0 Å². The minimum Gasteiger partial charge on any atom is -0.398 e. The summed E-state index contributed by atoms with van der Waals surface area (Å²) in [6.45, 7) is 0. The van der Waals surface area contributed by atoms with Crippen molar-refractivity contribution < 1.29 is 0 Å². The van der Waals surface area contributed by atoms with E-state index in [-0.39, 0.29) is 10.9 Å². The number of hydrogen-bond acceptors (Lipinski definition) is 1. The molecule has 2 N–H and O–H groups in total. The number of hydrogen-bond donors (Lipinski definition) is 2. The Balaban J connectivity index is 3.03. The van der Waals surface area contributed by atoms with Crippen LogP contribution < -0.4 is 5.73 Å². The highest BCUT2D eigenvalue weighted by Crippen LogP contribution is 2.32. The fourth-order valence-electron chi connectivity index (χ4n) is 0.895. The maximum Gasteiger partial charge on any atom is 0.0434 e. The number of nitrogen functional groups attached to an aromatic ring is 1. The number of para-hydroxylation sites is 1. The van der Waals surface area contributed by atoms with Crippen molar-refractivity contribution in [1.82, 2.24) is 0 Å². The van der Waals surface area contributed by atoms with Gasteiger partial charge in [-0.05, 0) is 24.6 Å². The lowest BCUT2D eigenvalue weighted by atomic mass is 10.3. The highest BCUT2D eigenvalue weighted by atomic mass is 32.2. The molecular weight excluding hydrogens is 142 g/mol. The molecule has 0 aliphatic rings. The van der Waals surface area contributed by atoms with E-state index in [9.17, 15) is 0 Å². The van der Waals surface area contributed by atoms with Crippen molar-refractivity contribution in [3.05, 3.63) is 24.3 Å². The standard InChI is InChI=1S/C8H13NS/c1-10(2)8-6-4-3-5-7(8)9/h3-6,10H,9H2,1-2H3. The molecule has 0 radical (unpaired) electrons. The first-order valence-electron chi connectivity index (χ1n) is 3.23. The van der Waals surface area contributed by atoms with Gasteiger partial charge in [-0.1, -0.05) is 12.1 Å². The van der Waals surface area contributed by atoms with Crippen LogP contribution in [-0.4, -0.2) is 12.5 Å². The largest absolute Gasteiger partial charge is 0.398 e. The lowest BCUT2D eigenvalue weighted by Crippen LogP contribution is -1.89. The summed E-state index contributed by atoms with van der Waals surface area (Å²) in [5.74, 6) is 0. The van der Waals surface area contributed by atoms with Crippen molar-refractivity contribution in [2.24, 2.45) is 0 Å². The molecule has 0 amide bonds. The summed E-state index contributed by atoms with van der Waals surface area (Å²) in [6.07, 6.45) is 4.42. The SMILES string of the molecule is C[SH](C)c1ccccc1N. The lowest BCUT2D eigenvalue weighted by Gasteiger charge is -2.11. The molecule has 0 aromatic heterocycles. The van der Waals surface area contributed by atoms with E-state index in [2.05, 4.69) is 18.6 Å². The fraction of sp³-hybridized carbons (Fsp3) is 0.250. The molecule has 1 nitrogen and oxygen atoms in total. The summed E-state index contributed by atoms with van der Waals surface area (Å²) in [5.41, 5.74) is 6.67. The van der Waals surface area contributed by atoms with Gasteiger partial charge in [0.25, 0.3) is 0 Å². The molecule has 0 bridgehead atoms. The molecule has 0 spiro atoms. The maximum absolute atomic E-state index is 5.74. The van der Waals surface area contributed by atoms with E-state index in [0.717, 1.165) is 5.69 Å². The minimum atomic E-state index is -0.0414. The molecule has 10 heavy (non-hydrogen) atoms. The third-order valence-electron chi connectivity index (χ3n) is 1.42. The topological polar surface area (TPSA) is 26.0 Å². The Labute approximate surface area is 64.6 Å². The van der Waals surface area contributed by atoms with Crippen LogP contribution >= 0.6 is 10.9 Å². The number of nitrogens with two attached hydrogens (primary N) is 1. The zero-order chi connectivity index (χ0) is 7.56. The Morgan fingerprint density at radius 3 is 2.20 bits per heavy atom. The van der Waals surface area contributed by atoms with Gasteiger partial charge in [0, 0.05) is 10.6 Å². The van der Waals surface area contributed by atoms with Crippen LogP contribution in [0.3, 0.4) is 0 Å². The van der Waals surface area contributed by atoms with E-state index >= 15 is 0 Å². The van der Waals surface area contributed by atoms with Crippen molar-refractivity contribution in [3.63, 3.8) is 0 Å². The van der Waals surface area contributed by atoms with Gasteiger partial charge in [0.1, 0.15) is 0 Å². The zero-order valence-corrected chi connectivity index (χ0v) is 7.23. The molecule has 0 atom stereocenters. The molecule has 0 unspecified atom stereocenters. The third-order valence-corrected chi connectivity index (χ3v) is 2.79. The van der Waals surface area contributed by atoms with Crippen molar-refractivity contribution in [2.45, 2.75) is 4.90 Å². The number of anilines is 1. The summed E-state index contributed by atoms with van der Waals surface area (Å²) in [4.78, 5) is 1.30. The zero-order valence-electron chi connectivity index (χ0n) is 6.33. The van der Waals surface area contributed by atoms with Crippen LogP contribution in [-0.2, 0) is 0 Å². The predicted molar refractivity (Wildman–Crippen MR) is 50.0 cm³/mol. The van der Waals surface area contributed by atoms with Crippen LogP contribution in [0, 0.1) is 0 Å². The predicted octanol–water partition coefficient (Wildman–Crippen LogP) is 1.89. The highest BCUT2D eigenvalue weighted by molar-refractivity contribution is 8.16. The molecular formula is C8H13NS. The Hall–Kier alpha value is -0.630. The number of rotatable bonds is 1. The molecule has 1 rings (SSSR count). The van der Waals surface area contributed by atoms with Crippen molar-refractivity contribution in [1.29, 1.82) is 0 Å². The third kappa shape index (κ3) is 1.45. The quantitative estimate of drug-likeness (QED) is 0.470. The first-order chi connectivity index (χ1) is 4.72. The average molecular weight is 155 g/mol. The van der Waals surface area contributed by atoms with Gasteiger partial charge in [-0.15, -0.1) is 0 Å². The van der Waals surface area contributed by atoms with Gasteiger partial charge in [0.2, 0.25) is 0 Å². The molecule has 0 aliphatic heterocycles. The first kappa shape index (κ1) is 7.48. The summed E-state index contributed by atoms with van der Waals surface area (Å²) in [5, 5.41) is 0. The Morgan fingerprint density at radius 1 is 1.20 bits per heavy atom. The van der Waals surface area contributed by atoms with E-state index in [1.54, 1.807) is 0 Å². The van der Waals surface area contributed by atoms with Gasteiger partial charge in [-0.3, -0.25) is 0 Å². The van der Waals surface area contributed by atoms with Gasteiger partial charge < -0.3 is 5.73 Å². The van der Waals surface area contributed by atoms with Crippen molar-refractivity contribution >= 4 is 16.6 Å². The van der Waals surface area contributed by atoms with Crippen molar-refractivity contribution in [2.75, 3.05) is 18.2 Å². The maximum atomic E-state index is 5.74. The Kier molecular flexibility index (Phi) is 2.22. The van der Waals surface area contributed by atoms with Gasteiger partial charge >= 0.3 is 0 Å². The summed E-state index contributed by atoms with van der Waals surface area (Å²) < 4.78 is 0. The van der Waals surface area contributed by atoms with Gasteiger partial charge in [-0.2, -0.15) is 0 Å². The van der Waals surface area contributed by atoms with Crippen LogP contribution in [0.1, 0.15) is 0 Å². The van der Waals surface area contributed by atoms with Crippen LogP contribution in [0.5, 0.6) is 0 Å². The molecule has 56 valence electrons. The molecule has 0 aliphatic carbocycles. The Morgan fingerprint density at radius 2 is 1.80 bits per heavy atom. The molecule has 1 aromatic rings. The van der Waals surface area contributed by atoms with Crippen molar-refractivity contribution in [3.8, 4) is 0 Å². The van der Waals surface area contributed by atoms with Crippen LogP contribution in [0.2, 0.25) is 0 Å². The van der Waals surface area contributed by atoms with E-state index in [1.807, 2.05) is 18.2 Å². The van der Waals surface area contributed by atoms with E-state index in [1.165, 1.54) is 4.90 Å². The molecule has 0 heterocycles. The molecule has 0 saturated heterocycles. The highest BCUT2D eigenvalue weighted by Gasteiger charge is 1.96. The van der Waals surface area contributed by atoms with Crippen LogP contribution in [0.25, 0.3) is 0 Å². The second kappa shape index (κ2) is 2.97. The summed E-state index contributed by atoms with van der Waals surface area (Å²) in [7, 11) is -0.0414. The monoisotopic (exact) mass is 155 g/mol. The lowest BCUT2D eigenvalue weighted by molar-refractivity contribution is 1.46.